The Kier molecular flexibility index (Phi) is 40.3. The van der Waals surface area contributed by atoms with Crippen molar-refractivity contribution in [3.8, 4) is 0 Å². The first-order valence-electron chi connectivity index (χ1n) is 48.3. The summed E-state index contributed by atoms with van der Waals surface area (Å²) in [6.45, 7) is 1.16. The number of Topliss-reactive ketones (excluding diaryl/α,β-unsaturated/α-hetero) is 1. The average molecular weight is 1920 g/mol. The number of hydrogen-bond donors (Lipinski definition) is 1. The Balaban J connectivity index is 0.000000156. The minimum atomic E-state index is -5.71. The molecule has 1 N–H and O–H groups in total. The van der Waals surface area contributed by atoms with Crippen molar-refractivity contribution in [1.29, 1.82) is 0 Å². The zero-order valence-electron chi connectivity index (χ0n) is 75.3. The molecule has 1 heterocycles. The van der Waals surface area contributed by atoms with Crippen LogP contribution in [0.1, 0.15) is 305 Å². The average Bonchev–Trinajstić information content (AvgIpc) is 1.21. The Hall–Kier alpha value is -6.54. The summed E-state index contributed by atoms with van der Waals surface area (Å²) in [5, 5.41) is 3.70. The van der Waals surface area contributed by atoms with Crippen molar-refractivity contribution in [1.82, 2.24) is 5.32 Å². The van der Waals surface area contributed by atoms with E-state index in [1.165, 1.54) is 31.8 Å². The van der Waals surface area contributed by atoms with Gasteiger partial charge in [0.05, 0.1) is 22.5 Å². The van der Waals surface area contributed by atoms with Gasteiger partial charge in [-0.2, -0.15) is 21.6 Å². The van der Waals surface area contributed by atoms with Gasteiger partial charge < -0.3 is 23.7 Å². The zero-order chi connectivity index (χ0) is 91.3. The van der Waals surface area contributed by atoms with E-state index >= 15 is 0 Å². The number of allylic oxidation sites excluding steroid dienone is 6. The number of esters is 4. The Morgan fingerprint density at radius 1 is 0.375 bits per heavy atom. The standard InChI is InChI=1S/C21H24F4O5S.C20H24F2O2.C20H25FO3.C20H24FO2.C19H33F2N.3CH3.Sn/c22-17-10-6-14(7-11-17)19(29-20(26)16-4-2-1-3-5-16)15-8-12-18(13-9-15)30-31(27,28)21(23,24)25;2*21-17-10-6-14(7-11-17)19(15-8-12-18(22)13-9-15)24-20(23)16-4-2-1-3-5-16;21-18-13-11-16(12-14-18)19(15-7-3-1-4-8-15)23-20(22)17-9-5-2-6-10-17;20-16-8-4-14(5-9-16)19(13-18-3-1-2-12-22-18)15-6-10-17(21)11-7-15;;;;/h1-5,12,14-15,17,19H,6-11,13H2;1-5,10,14-15,18-19H,6-9,11-13H2;1-5,14-15,17,19H,6-13H2;2-3,5-6,9-10,15-16,18-19H,4,7-8,11-14H2;14-19,22H,1-13H2;3*1H3;. The summed E-state index contributed by atoms with van der Waals surface area (Å²) in [4.78, 5) is 69.3. The molecule has 0 amide bonds. The van der Waals surface area contributed by atoms with Crippen LogP contribution in [0, 0.1) is 65.1 Å². The van der Waals surface area contributed by atoms with Gasteiger partial charge in [0.1, 0.15) is 60.7 Å². The number of alkyl halides is 9. The van der Waals surface area contributed by atoms with E-state index in [1.54, 1.807) is 76.4 Å². The molecule has 0 bridgehead atoms. The van der Waals surface area contributed by atoms with Gasteiger partial charge in [-0.05, 0) is 283 Å². The molecule has 15 rings (SSSR count). The predicted octanol–water partition coefficient (Wildman–Crippen LogP) is 26.7. The fourth-order valence-electron chi connectivity index (χ4n) is 21.9. The van der Waals surface area contributed by atoms with Crippen LogP contribution in [0.2, 0.25) is 14.8 Å². The SMILES string of the molecule is FC1CCC(C(CC2CCCCN2)C2CCC(F)CC2)CC1.O=C(OC(C1CC=C(F)CC1)C1CCC(F)CC1)c1ccccc1.O=C(OC(C1CC=C(OS(=O)(=O)C(F)(F)F)CC1)C1CCC(F)CC1)c1ccccc1.O=C1CCC(C(OC(=O)c2ccccc2)C2CCC(F)CC2)CC1.[CH3][Sn]([CH3])([CH3])[C]1=CCC(C(OC(=O)c2ccccc2)C2CCC(F)CC2)CC1. The van der Waals surface area contributed by atoms with E-state index in [9.17, 15) is 76.3 Å². The second kappa shape index (κ2) is 50.5. The minimum absolute atomic E-state index is 0.0299. The first kappa shape index (κ1) is 102. The van der Waals surface area contributed by atoms with Gasteiger partial charge in [0.2, 0.25) is 0 Å². The van der Waals surface area contributed by atoms with Crippen molar-refractivity contribution in [2.75, 3.05) is 6.54 Å². The Morgan fingerprint density at radius 2 is 0.672 bits per heavy atom. The number of ether oxygens (including phenoxy) is 4. The summed E-state index contributed by atoms with van der Waals surface area (Å²) >= 11 is -1.99. The summed E-state index contributed by atoms with van der Waals surface area (Å²) in [6, 6.07) is 36.3. The number of halogens is 10. The van der Waals surface area contributed by atoms with Crippen molar-refractivity contribution in [2.45, 2.75) is 351 Å². The molecule has 10 aliphatic carbocycles. The third kappa shape index (κ3) is 31.8. The molecule has 4 aromatic carbocycles. The molecule has 7 saturated carbocycles. The van der Waals surface area contributed by atoms with Gasteiger partial charge >= 0.3 is 201 Å². The van der Waals surface area contributed by atoms with E-state index in [4.69, 9.17) is 18.9 Å². The molecule has 8 unspecified atom stereocenters. The monoisotopic (exact) mass is 1920 g/mol. The predicted molar refractivity (Wildman–Crippen MR) is 481 cm³/mol. The second-order valence-corrected chi connectivity index (χ2v) is 55.5. The molecule has 13 nitrogen and oxygen atoms in total. The molecule has 25 heteroatoms. The van der Waals surface area contributed by atoms with Gasteiger partial charge in [-0.25, -0.2) is 40.7 Å². The molecule has 0 aromatic heterocycles. The van der Waals surface area contributed by atoms with Crippen molar-refractivity contribution in [2.24, 2.45) is 65.1 Å². The Labute approximate surface area is 757 Å². The van der Waals surface area contributed by atoms with E-state index in [1.807, 2.05) is 54.6 Å². The molecule has 1 saturated heterocycles. The zero-order valence-corrected chi connectivity index (χ0v) is 78.9. The number of hydrogen-bond acceptors (Lipinski definition) is 13. The molecule has 4 aromatic rings. The van der Waals surface area contributed by atoms with Crippen LogP contribution < -0.4 is 5.32 Å². The van der Waals surface area contributed by atoms with Crippen LogP contribution in [0.4, 0.5) is 43.9 Å². The summed E-state index contributed by atoms with van der Waals surface area (Å²) in [6.07, 6.45) is 30.6. The summed E-state index contributed by atoms with van der Waals surface area (Å²) in [5.74, 6) is 1.75. The van der Waals surface area contributed by atoms with Crippen LogP contribution in [-0.4, -0.2) is 136 Å². The van der Waals surface area contributed by atoms with E-state index in [-0.39, 0.29) is 96.2 Å². The van der Waals surface area contributed by atoms with Crippen LogP contribution in [0.25, 0.3) is 0 Å². The first-order chi connectivity index (χ1) is 61.4. The summed E-state index contributed by atoms with van der Waals surface area (Å²) < 4.78 is 184. The molecule has 708 valence electrons. The molecule has 128 heavy (non-hydrogen) atoms. The van der Waals surface area contributed by atoms with Gasteiger partial charge in [0, 0.05) is 37.1 Å². The molecule has 11 aliphatic rings. The summed E-state index contributed by atoms with van der Waals surface area (Å²) in [7, 11) is -5.71. The molecular formula is C103H139F10NO12SSn. The number of carbonyl (C=O) groups excluding carboxylic acids is 5. The van der Waals surface area contributed by atoms with E-state index in [2.05, 4.69) is 30.4 Å². The van der Waals surface area contributed by atoms with Crippen molar-refractivity contribution >= 4 is 58.2 Å². The van der Waals surface area contributed by atoms with Crippen LogP contribution >= 0.6 is 0 Å². The normalized spacial score (nSPS) is 29.7. The van der Waals surface area contributed by atoms with Gasteiger partial charge in [-0.15, -0.1) is 0 Å². The van der Waals surface area contributed by atoms with Crippen LogP contribution in [0.3, 0.4) is 0 Å². The van der Waals surface area contributed by atoms with E-state index < -0.39 is 83.1 Å². The van der Waals surface area contributed by atoms with Crippen molar-refractivity contribution in [3.05, 3.63) is 177 Å². The van der Waals surface area contributed by atoms with Gasteiger partial charge in [0.25, 0.3) is 0 Å². The number of ketones is 1. The van der Waals surface area contributed by atoms with Gasteiger partial charge in [-0.3, -0.25) is 4.79 Å². The number of carbonyl (C=O) groups is 5. The third-order valence-electron chi connectivity index (χ3n) is 29.4. The quantitative estimate of drug-likeness (QED) is 0.0185. The van der Waals surface area contributed by atoms with Crippen LogP contribution in [-0.2, 0) is 38.0 Å². The fourth-order valence-corrected chi connectivity index (χ4v) is 27.0. The first-order valence-corrected chi connectivity index (χ1v) is 59.7. The Bertz CT molecular complexity index is 4210. The van der Waals surface area contributed by atoms with Crippen LogP contribution in [0.5, 0.6) is 0 Å². The number of rotatable bonds is 23. The molecular weight excluding hydrogens is 1780 g/mol. The fraction of sp³-hybridized carbons (Fsp3) is 0.660. The maximum atomic E-state index is 13.7. The topological polar surface area (TPSA) is 178 Å². The van der Waals surface area contributed by atoms with Crippen molar-refractivity contribution in [3.63, 3.8) is 0 Å². The molecule has 8 atom stereocenters. The van der Waals surface area contributed by atoms with Crippen molar-refractivity contribution < 1.29 is 99.4 Å². The Morgan fingerprint density at radius 3 is 0.953 bits per heavy atom. The van der Waals surface area contributed by atoms with Gasteiger partial charge in [-0.1, -0.05) is 67.1 Å². The number of piperidine rings is 1. The number of nitrogens with one attached hydrogen (secondary N) is 1. The molecule has 8 fully saturated rings. The second-order valence-electron chi connectivity index (χ2n) is 39.3. The molecule has 0 radical (unpaired) electrons. The maximum absolute atomic E-state index is 13.7. The molecule has 0 spiro atoms. The van der Waals surface area contributed by atoms with Gasteiger partial charge in [0.15, 0.2) is 0 Å². The molecule has 1 aliphatic heterocycles. The number of benzene rings is 4. The van der Waals surface area contributed by atoms with E-state index in [0.717, 1.165) is 129 Å². The van der Waals surface area contributed by atoms with E-state index in [0.29, 0.717) is 166 Å². The third-order valence-corrected chi connectivity index (χ3v) is 37.2. The van der Waals surface area contributed by atoms with Crippen LogP contribution in [0.15, 0.2) is 155 Å². The summed E-state index contributed by atoms with van der Waals surface area (Å²) in [5.41, 5.74) is -3.44.